The molecule has 35 heavy (non-hydrogen) atoms. The van der Waals surface area contributed by atoms with Crippen LogP contribution in [0.25, 0.3) is 0 Å². The van der Waals surface area contributed by atoms with Crippen LogP contribution in [0.15, 0.2) is 42.5 Å². The highest BCUT2D eigenvalue weighted by molar-refractivity contribution is 5.94. The third kappa shape index (κ3) is 4.61. The van der Waals surface area contributed by atoms with Crippen LogP contribution in [0.4, 0.5) is 19.3 Å². The number of aliphatic hydroxyl groups is 1. The minimum absolute atomic E-state index is 0.151. The van der Waals surface area contributed by atoms with Crippen LogP contribution >= 0.6 is 0 Å². The van der Waals surface area contributed by atoms with E-state index < -0.39 is 17.7 Å². The summed E-state index contributed by atoms with van der Waals surface area (Å²) in [4.78, 5) is 28.5. The van der Waals surface area contributed by atoms with E-state index in [0.717, 1.165) is 42.2 Å². The van der Waals surface area contributed by atoms with Crippen molar-refractivity contribution in [3.05, 3.63) is 65.2 Å². The molecule has 6 nitrogen and oxygen atoms in total. The van der Waals surface area contributed by atoms with Crippen LogP contribution in [0.1, 0.15) is 42.7 Å². The van der Waals surface area contributed by atoms with E-state index in [2.05, 4.69) is 17.2 Å². The highest BCUT2D eigenvalue weighted by Gasteiger charge is 2.54. The van der Waals surface area contributed by atoms with Crippen molar-refractivity contribution in [2.45, 2.75) is 43.7 Å². The van der Waals surface area contributed by atoms with E-state index in [1.54, 1.807) is 4.90 Å². The summed E-state index contributed by atoms with van der Waals surface area (Å²) < 4.78 is 27.4. The third-order valence-electron chi connectivity index (χ3n) is 7.28. The fourth-order valence-electron chi connectivity index (χ4n) is 5.49. The number of urea groups is 1. The molecule has 3 aliphatic rings. The number of halogens is 2. The van der Waals surface area contributed by atoms with Crippen molar-refractivity contribution in [3.8, 4) is 11.8 Å². The molecule has 3 fully saturated rings. The lowest BCUT2D eigenvalue weighted by molar-refractivity contribution is -0.159. The second kappa shape index (κ2) is 9.67. The molecular weight excluding hydrogens is 452 g/mol. The third-order valence-corrected chi connectivity index (χ3v) is 7.28. The lowest BCUT2D eigenvalue weighted by Crippen LogP contribution is -2.73. The number of anilines is 1. The Morgan fingerprint density at radius 2 is 1.86 bits per heavy atom. The standard InChI is InChI=1S/C27H27F2N3O3/c28-20-11-12-21(29)22(13-20)30-27(35)31-14-23-26(24(16-33)32(23)25(34)15-31)19-9-7-18(8-10-19)6-5-17-3-1-2-4-17/h7-13,17,23-24,26,33H,1-4,14-16H2,(H,30,35)/t23-,24-,26-/m0/s1. The molecule has 0 unspecified atom stereocenters. The van der Waals surface area contributed by atoms with E-state index in [9.17, 15) is 23.5 Å². The molecule has 0 bridgehead atoms. The van der Waals surface area contributed by atoms with Gasteiger partial charge in [-0.2, -0.15) is 0 Å². The highest BCUT2D eigenvalue weighted by atomic mass is 19.1. The molecule has 2 heterocycles. The molecule has 2 aliphatic heterocycles. The lowest BCUT2D eigenvalue weighted by atomic mass is 9.73. The van der Waals surface area contributed by atoms with Crippen molar-refractivity contribution < 1.29 is 23.5 Å². The molecule has 2 saturated heterocycles. The van der Waals surface area contributed by atoms with Crippen LogP contribution in [-0.2, 0) is 4.79 Å². The molecule has 0 aromatic heterocycles. The number of carbonyl (C=O) groups is 2. The van der Waals surface area contributed by atoms with Crippen LogP contribution in [0.3, 0.4) is 0 Å². The quantitative estimate of drug-likeness (QED) is 0.660. The number of fused-ring (bicyclic) bond motifs is 1. The molecule has 0 radical (unpaired) electrons. The molecule has 8 heteroatoms. The number of carbonyl (C=O) groups excluding carboxylic acids is 2. The maximum absolute atomic E-state index is 14.0. The Morgan fingerprint density at radius 1 is 1.11 bits per heavy atom. The van der Waals surface area contributed by atoms with E-state index >= 15 is 0 Å². The fourth-order valence-corrected chi connectivity index (χ4v) is 5.49. The number of benzene rings is 2. The van der Waals surface area contributed by atoms with Crippen molar-refractivity contribution >= 4 is 17.6 Å². The Hall–Kier alpha value is -3.44. The van der Waals surface area contributed by atoms with Crippen LogP contribution in [0.2, 0.25) is 0 Å². The summed E-state index contributed by atoms with van der Waals surface area (Å²) in [6.45, 7) is -0.159. The summed E-state index contributed by atoms with van der Waals surface area (Å²) in [6, 6.07) is 9.29. The largest absolute Gasteiger partial charge is 0.394 e. The number of aliphatic hydroxyl groups excluding tert-OH is 1. The molecular formula is C27H27F2N3O3. The van der Waals surface area contributed by atoms with Gasteiger partial charge in [0.25, 0.3) is 0 Å². The maximum Gasteiger partial charge on any atom is 0.322 e. The Bertz CT molecular complexity index is 1180. The van der Waals surface area contributed by atoms with Crippen molar-refractivity contribution in [1.82, 2.24) is 9.80 Å². The molecule has 5 rings (SSSR count). The molecule has 1 saturated carbocycles. The summed E-state index contributed by atoms with van der Waals surface area (Å²) in [7, 11) is 0. The minimum Gasteiger partial charge on any atom is -0.394 e. The van der Waals surface area contributed by atoms with Gasteiger partial charge in [-0.1, -0.05) is 36.8 Å². The summed E-state index contributed by atoms with van der Waals surface area (Å²) in [6.07, 6.45) is 4.80. The van der Waals surface area contributed by atoms with E-state index in [1.165, 1.54) is 17.7 Å². The van der Waals surface area contributed by atoms with E-state index in [-0.39, 0.29) is 49.3 Å². The Labute approximate surface area is 202 Å². The monoisotopic (exact) mass is 479 g/mol. The number of amides is 3. The summed E-state index contributed by atoms with van der Waals surface area (Å²) in [5, 5.41) is 12.3. The summed E-state index contributed by atoms with van der Waals surface area (Å²) in [5.74, 6) is 5.19. The first kappa shape index (κ1) is 23.3. The van der Waals surface area contributed by atoms with Gasteiger partial charge in [-0.25, -0.2) is 13.6 Å². The van der Waals surface area contributed by atoms with Crippen LogP contribution in [0, 0.1) is 29.4 Å². The topological polar surface area (TPSA) is 72.9 Å². The maximum atomic E-state index is 14.0. The predicted octanol–water partition coefficient (Wildman–Crippen LogP) is 3.71. The molecule has 0 spiro atoms. The molecule has 3 atom stereocenters. The molecule has 2 aromatic carbocycles. The van der Waals surface area contributed by atoms with Gasteiger partial charge in [0, 0.05) is 30.0 Å². The van der Waals surface area contributed by atoms with Crippen molar-refractivity contribution in [3.63, 3.8) is 0 Å². The second-order valence-corrected chi connectivity index (χ2v) is 9.45. The van der Waals surface area contributed by atoms with E-state index in [0.29, 0.717) is 5.92 Å². The van der Waals surface area contributed by atoms with Gasteiger partial charge < -0.3 is 20.2 Å². The zero-order valence-corrected chi connectivity index (χ0v) is 19.2. The van der Waals surface area contributed by atoms with Crippen molar-refractivity contribution in [2.75, 3.05) is 25.0 Å². The Morgan fingerprint density at radius 3 is 2.57 bits per heavy atom. The average Bonchev–Trinajstić information content (AvgIpc) is 3.36. The van der Waals surface area contributed by atoms with Crippen LogP contribution < -0.4 is 5.32 Å². The molecule has 182 valence electrons. The van der Waals surface area contributed by atoms with Gasteiger partial charge in [-0.05, 0) is 42.7 Å². The Kier molecular flexibility index (Phi) is 6.44. The van der Waals surface area contributed by atoms with E-state index in [1.807, 2.05) is 24.3 Å². The predicted molar refractivity (Wildman–Crippen MR) is 126 cm³/mol. The zero-order valence-electron chi connectivity index (χ0n) is 19.2. The zero-order chi connectivity index (χ0) is 24.5. The number of hydrogen-bond donors (Lipinski definition) is 2. The van der Waals surface area contributed by atoms with Crippen LogP contribution in [0.5, 0.6) is 0 Å². The average molecular weight is 480 g/mol. The van der Waals surface area contributed by atoms with Gasteiger partial charge in [0.15, 0.2) is 0 Å². The van der Waals surface area contributed by atoms with Gasteiger partial charge in [0.05, 0.1) is 24.4 Å². The minimum atomic E-state index is -0.761. The Balaban J connectivity index is 1.30. The lowest BCUT2D eigenvalue weighted by Gasteiger charge is -2.58. The van der Waals surface area contributed by atoms with Gasteiger partial charge in [-0.3, -0.25) is 4.79 Å². The smallest absolute Gasteiger partial charge is 0.322 e. The fraction of sp³-hybridized carbons (Fsp3) is 0.407. The number of rotatable bonds is 3. The van der Waals surface area contributed by atoms with Crippen molar-refractivity contribution in [2.24, 2.45) is 5.92 Å². The van der Waals surface area contributed by atoms with Gasteiger partial charge in [-0.15, -0.1) is 0 Å². The highest BCUT2D eigenvalue weighted by Crippen LogP contribution is 2.43. The normalized spacial score (nSPS) is 23.9. The number of nitrogens with one attached hydrogen (secondary N) is 1. The second-order valence-electron chi connectivity index (χ2n) is 9.45. The number of nitrogens with zero attached hydrogens (tertiary/aromatic N) is 2. The van der Waals surface area contributed by atoms with Crippen LogP contribution in [-0.4, -0.2) is 58.6 Å². The first-order valence-electron chi connectivity index (χ1n) is 12.0. The molecule has 2 aromatic rings. The molecule has 2 N–H and O–H groups in total. The first-order chi connectivity index (χ1) is 16.9. The van der Waals surface area contributed by atoms with E-state index in [4.69, 9.17) is 0 Å². The SMILES string of the molecule is O=C(Nc1cc(F)ccc1F)N1CC(=O)N2[C@@H](CO)[C@@H](c3ccc(C#CC4CCCC4)cc3)[C@@H]2C1. The molecule has 3 amide bonds. The van der Waals surface area contributed by atoms with Gasteiger partial charge in [0.1, 0.15) is 18.2 Å². The number of piperazine rings is 1. The summed E-state index contributed by atoms with van der Waals surface area (Å²) >= 11 is 0. The van der Waals surface area contributed by atoms with Gasteiger partial charge in [0.2, 0.25) is 5.91 Å². The molecule has 1 aliphatic carbocycles. The van der Waals surface area contributed by atoms with Gasteiger partial charge >= 0.3 is 6.03 Å². The summed E-state index contributed by atoms with van der Waals surface area (Å²) in [5.41, 5.74) is 1.61. The van der Waals surface area contributed by atoms with Crippen molar-refractivity contribution in [1.29, 1.82) is 0 Å². The first-order valence-corrected chi connectivity index (χ1v) is 12.0. The number of hydrogen-bond acceptors (Lipinski definition) is 3.